The van der Waals surface area contributed by atoms with Gasteiger partial charge in [-0.05, 0) is 83.5 Å². The van der Waals surface area contributed by atoms with Crippen LogP contribution < -0.4 is 5.32 Å². The van der Waals surface area contributed by atoms with Gasteiger partial charge < -0.3 is 20.3 Å². The normalized spacial score (nSPS) is 12.8. The molecule has 0 saturated carbocycles. The fraction of sp³-hybridized carbons (Fsp3) is 0.873. The molecule has 0 fully saturated rings. The van der Waals surface area contributed by atoms with Crippen molar-refractivity contribution in [1.29, 1.82) is 0 Å². The fourth-order valence-electron chi connectivity index (χ4n) is 12.0. The summed E-state index contributed by atoms with van der Waals surface area (Å²) in [5.41, 5.74) is 0. The van der Waals surface area contributed by atoms with Crippen LogP contribution in [0.25, 0.3) is 0 Å². The summed E-state index contributed by atoms with van der Waals surface area (Å²) >= 11 is 0. The van der Waals surface area contributed by atoms with Crippen molar-refractivity contribution in [3.8, 4) is 0 Å². The van der Waals surface area contributed by atoms with Crippen LogP contribution in [-0.4, -0.2) is 47.4 Å². The molecule has 0 spiro atoms. The number of rotatable bonds is 72. The van der Waals surface area contributed by atoms with Crippen molar-refractivity contribution < 1.29 is 24.5 Å². The molecule has 0 aliphatic rings. The second-order valence-corrected chi connectivity index (χ2v) is 26.3. The zero-order chi connectivity index (χ0) is 61.3. The molecule has 500 valence electrons. The number of aliphatic hydroxyl groups excluding tert-OH is 2. The minimum atomic E-state index is -0.666. The highest BCUT2D eigenvalue weighted by Crippen LogP contribution is 2.19. The Morgan fingerprint density at radius 2 is 0.600 bits per heavy atom. The molecule has 0 radical (unpaired) electrons. The average Bonchev–Trinajstić information content (AvgIpc) is 3.50. The first-order chi connectivity index (χ1) is 42.0. The lowest BCUT2D eigenvalue weighted by Crippen LogP contribution is -2.45. The molecular weight excluding hydrogens is 1040 g/mol. The molecule has 2 unspecified atom stereocenters. The second kappa shape index (κ2) is 74.3. The SMILES string of the molecule is CCCC/C=C\C/C=C\CCCCCCCC(=O)OCCCCCCCCCCC/C=C\C/C=C\CCCCCCCCCCCCCCCCCC(=O)NC(CO)C(O)CCCCCCCCCCCCCCCCCCCCCCCCC. The molecule has 0 aliphatic heterocycles. The van der Waals surface area contributed by atoms with Crippen LogP contribution in [0.5, 0.6) is 0 Å². The minimum Gasteiger partial charge on any atom is -0.466 e. The van der Waals surface area contributed by atoms with Crippen LogP contribution in [0.15, 0.2) is 48.6 Å². The van der Waals surface area contributed by atoms with Gasteiger partial charge in [0.05, 0.1) is 25.4 Å². The Morgan fingerprint density at radius 1 is 0.329 bits per heavy atom. The molecular formula is C79H149NO5. The third-order valence-corrected chi connectivity index (χ3v) is 17.9. The number of allylic oxidation sites excluding steroid dienone is 8. The molecule has 0 saturated heterocycles. The van der Waals surface area contributed by atoms with Gasteiger partial charge in [0.2, 0.25) is 5.91 Å². The molecule has 85 heavy (non-hydrogen) atoms. The number of esters is 1. The van der Waals surface area contributed by atoms with Crippen molar-refractivity contribution in [1.82, 2.24) is 5.32 Å². The fourth-order valence-corrected chi connectivity index (χ4v) is 12.0. The largest absolute Gasteiger partial charge is 0.466 e. The first kappa shape index (κ1) is 82.8. The Labute approximate surface area is 531 Å². The van der Waals surface area contributed by atoms with E-state index >= 15 is 0 Å². The molecule has 6 nitrogen and oxygen atoms in total. The first-order valence-electron chi connectivity index (χ1n) is 38.4. The molecule has 0 aromatic heterocycles. The maximum atomic E-state index is 12.6. The van der Waals surface area contributed by atoms with Gasteiger partial charge in [-0.3, -0.25) is 9.59 Å². The zero-order valence-electron chi connectivity index (χ0n) is 57.4. The van der Waals surface area contributed by atoms with Gasteiger partial charge in [-0.25, -0.2) is 0 Å². The van der Waals surface area contributed by atoms with E-state index in [0.29, 0.717) is 25.9 Å². The van der Waals surface area contributed by atoms with E-state index in [4.69, 9.17) is 4.74 Å². The van der Waals surface area contributed by atoms with E-state index in [1.165, 1.54) is 327 Å². The van der Waals surface area contributed by atoms with Gasteiger partial charge in [0.25, 0.3) is 0 Å². The smallest absolute Gasteiger partial charge is 0.305 e. The quantitative estimate of drug-likeness (QED) is 0.0320. The van der Waals surface area contributed by atoms with Gasteiger partial charge in [-0.15, -0.1) is 0 Å². The standard InChI is InChI=1S/C79H149NO5/c1-3-5-7-9-11-13-15-17-19-20-21-22-32-35-38-41-44-47-51-55-59-63-67-71-77(82)76(75-81)80-78(83)72-68-64-60-56-52-48-45-42-39-36-33-30-28-26-24-23-25-27-29-31-34-37-40-43-46-50-54-58-62-66-70-74-85-79(84)73-69-65-61-57-53-49-18-16-14-12-10-8-6-4-2/h10,12,16,18,25,27,31,34,76-77,81-82H,3-9,11,13-15,17,19-24,26,28-30,32-33,35-75H2,1-2H3,(H,80,83)/b12-10-,18-16-,27-25-,34-31-. The van der Waals surface area contributed by atoms with Crippen molar-refractivity contribution in [2.45, 2.75) is 431 Å². The number of hydrogen-bond donors (Lipinski definition) is 3. The highest BCUT2D eigenvalue weighted by molar-refractivity contribution is 5.76. The van der Waals surface area contributed by atoms with E-state index in [1.54, 1.807) is 0 Å². The maximum Gasteiger partial charge on any atom is 0.305 e. The predicted molar refractivity (Wildman–Crippen MR) is 375 cm³/mol. The lowest BCUT2D eigenvalue weighted by atomic mass is 10.0. The summed E-state index contributed by atoms with van der Waals surface area (Å²) in [7, 11) is 0. The van der Waals surface area contributed by atoms with Crippen LogP contribution in [0, 0.1) is 0 Å². The molecule has 3 N–H and O–H groups in total. The highest BCUT2D eigenvalue weighted by Gasteiger charge is 2.20. The van der Waals surface area contributed by atoms with Crippen molar-refractivity contribution >= 4 is 11.9 Å². The molecule has 0 heterocycles. The summed E-state index contributed by atoms with van der Waals surface area (Å²) in [6.45, 7) is 4.94. The number of unbranched alkanes of at least 4 members (excludes halogenated alkanes) is 53. The predicted octanol–water partition coefficient (Wildman–Crippen LogP) is 25.2. The van der Waals surface area contributed by atoms with Crippen molar-refractivity contribution in [2.75, 3.05) is 13.2 Å². The van der Waals surface area contributed by atoms with Crippen LogP contribution in [0.2, 0.25) is 0 Å². The molecule has 0 rings (SSSR count). The van der Waals surface area contributed by atoms with Crippen LogP contribution in [0.3, 0.4) is 0 Å². The van der Waals surface area contributed by atoms with E-state index in [2.05, 4.69) is 67.8 Å². The molecule has 0 aliphatic carbocycles. The van der Waals surface area contributed by atoms with Gasteiger partial charge in [0.1, 0.15) is 0 Å². The molecule has 1 amide bonds. The Bertz CT molecular complexity index is 1420. The Balaban J connectivity index is 3.40. The third kappa shape index (κ3) is 70.8. The highest BCUT2D eigenvalue weighted by atomic mass is 16.5. The number of ether oxygens (including phenoxy) is 1. The zero-order valence-corrected chi connectivity index (χ0v) is 57.4. The second-order valence-electron chi connectivity index (χ2n) is 26.3. The van der Waals surface area contributed by atoms with E-state index in [0.717, 1.165) is 57.8 Å². The average molecular weight is 1190 g/mol. The van der Waals surface area contributed by atoms with Gasteiger partial charge in [0, 0.05) is 12.8 Å². The van der Waals surface area contributed by atoms with Gasteiger partial charge in [0.15, 0.2) is 0 Å². The first-order valence-corrected chi connectivity index (χ1v) is 38.4. The summed E-state index contributed by atoms with van der Waals surface area (Å²) in [6.07, 6.45) is 97.6. The monoisotopic (exact) mass is 1190 g/mol. The number of nitrogens with one attached hydrogen (secondary N) is 1. The van der Waals surface area contributed by atoms with Crippen molar-refractivity contribution in [3.05, 3.63) is 48.6 Å². The minimum absolute atomic E-state index is 0.00113. The summed E-state index contributed by atoms with van der Waals surface area (Å²) in [6, 6.07) is -0.543. The summed E-state index contributed by atoms with van der Waals surface area (Å²) < 4.78 is 5.48. The summed E-state index contributed by atoms with van der Waals surface area (Å²) in [4.78, 5) is 24.6. The lowest BCUT2D eigenvalue weighted by molar-refractivity contribution is -0.143. The van der Waals surface area contributed by atoms with Crippen LogP contribution in [-0.2, 0) is 14.3 Å². The Hall–Kier alpha value is -2.18. The summed E-state index contributed by atoms with van der Waals surface area (Å²) in [5, 5.41) is 23.5. The van der Waals surface area contributed by atoms with E-state index in [1.807, 2.05) is 0 Å². The van der Waals surface area contributed by atoms with Crippen molar-refractivity contribution in [2.24, 2.45) is 0 Å². The summed E-state index contributed by atoms with van der Waals surface area (Å²) in [5.74, 6) is -0.0310. The molecule has 0 bridgehead atoms. The van der Waals surface area contributed by atoms with Gasteiger partial charge in [-0.2, -0.15) is 0 Å². The van der Waals surface area contributed by atoms with Crippen LogP contribution in [0.4, 0.5) is 0 Å². The lowest BCUT2D eigenvalue weighted by Gasteiger charge is -2.22. The molecule has 2 atom stereocenters. The van der Waals surface area contributed by atoms with Crippen LogP contribution in [0.1, 0.15) is 418 Å². The molecule has 0 aromatic rings. The molecule has 6 heteroatoms. The number of amides is 1. The molecule has 0 aromatic carbocycles. The van der Waals surface area contributed by atoms with E-state index in [-0.39, 0.29) is 18.5 Å². The number of carbonyl (C=O) groups excluding carboxylic acids is 2. The van der Waals surface area contributed by atoms with E-state index < -0.39 is 12.1 Å². The topological polar surface area (TPSA) is 95.9 Å². The maximum absolute atomic E-state index is 12.6. The Morgan fingerprint density at radius 3 is 0.929 bits per heavy atom. The van der Waals surface area contributed by atoms with E-state index in [9.17, 15) is 19.8 Å². The van der Waals surface area contributed by atoms with Gasteiger partial charge in [-0.1, -0.05) is 371 Å². The van der Waals surface area contributed by atoms with Crippen LogP contribution >= 0.6 is 0 Å². The Kier molecular flexibility index (Phi) is 72.4. The number of aliphatic hydroxyl groups is 2. The number of hydrogen-bond acceptors (Lipinski definition) is 5. The van der Waals surface area contributed by atoms with Gasteiger partial charge >= 0.3 is 5.97 Å². The third-order valence-electron chi connectivity index (χ3n) is 17.9. The number of carbonyl (C=O) groups is 2. The van der Waals surface area contributed by atoms with Crippen molar-refractivity contribution in [3.63, 3.8) is 0 Å².